The van der Waals surface area contributed by atoms with Gasteiger partial charge >= 0.3 is 0 Å². The van der Waals surface area contributed by atoms with Crippen molar-refractivity contribution in [1.82, 2.24) is 9.80 Å². The third kappa shape index (κ3) is 5.51. The van der Waals surface area contributed by atoms with Crippen molar-refractivity contribution in [3.63, 3.8) is 0 Å². The normalized spacial score (nSPS) is 15.1. The second-order valence-corrected chi connectivity index (χ2v) is 7.54. The molecule has 1 aliphatic rings. The molecule has 29 heavy (non-hydrogen) atoms. The summed E-state index contributed by atoms with van der Waals surface area (Å²) in [5.74, 6) is 0.957. The highest BCUT2D eigenvalue weighted by molar-refractivity contribution is 5.94. The van der Waals surface area contributed by atoms with E-state index < -0.39 is 0 Å². The van der Waals surface area contributed by atoms with Gasteiger partial charge in [0.25, 0.3) is 5.91 Å². The van der Waals surface area contributed by atoms with Crippen molar-refractivity contribution in [3.8, 4) is 5.75 Å². The number of likely N-dealkylation sites (tertiary alicyclic amines) is 1. The molecule has 1 heterocycles. The van der Waals surface area contributed by atoms with Gasteiger partial charge in [-0.05, 0) is 81.7 Å². The quantitative estimate of drug-likeness (QED) is 0.682. The first-order valence-corrected chi connectivity index (χ1v) is 10.7. The van der Waals surface area contributed by atoms with E-state index in [2.05, 4.69) is 22.3 Å². The van der Waals surface area contributed by atoms with Crippen LogP contribution in [0.1, 0.15) is 48.7 Å². The molecule has 5 heteroatoms. The van der Waals surface area contributed by atoms with E-state index in [1.165, 1.54) is 18.4 Å². The van der Waals surface area contributed by atoms with Crippen LogP contribution in [0.2, 0.25) is 0 Å². The maximum absolute atomic E-state index is 12.5. The summed E-state index contributed by atoms with van der Waals surface area (Å²) in [6.07, 6.45) is 2.54. The summed E-state index contributed by atoms with van der Waals surface area (Å²) in [5, 5.41) is 3.67. The predicted octanol–water partition coefficient (Wildman–Crippen LogP) is 4.43. The Morgan fingerprint density at radius 1 is 1.10 bits per heavy atom. The van der Waals surface area contributed by atoms with Gasteiger partial charge in [-0.3, -0.25) is 4.79 Å². The van der Waals surface area contributed by atoms with Crippen LogP contribution >= 0.6 is 0 Å². The zero-order valence-electron chi connectivity index (χ0n) is 17.9. The van der Waals surface area contributed by atoms with E-state index in [0.29, 0.717) is 0 Å². The Labute approximate surface area is 174 Å². The first-order chi connectivity index (χ1) is 14.1. The van der Waals surface area contributed by atoms with Crippen LogP contribution in [0.25, 0.3) is 0 Å². The van der Waals surface area contributed by atoms with Gasteiger partial charge < -0.3 is 19.9 Å². The molecule has 3 rings (SSSR count). The van der Waals surface area contributed by atoms with Gasteiger partial charge in [0.2, 0.25) is 0 Å². The van der Waals surface area contributed by atoms with Crippen LogP contribution < -0.4 is 10.1 Å². The van der Waals surface area contributed by atoms with Crippen LogP contribution in [0.4, 0.5) is 5.69 Å². The molecule has 2 aromatic carbocycles. The molecule has 0 saturated carbocycles. The summed E-state index contributed by atoms with van der Waals surface area (Å²) >= 11 is 0. The highest BCUT2D eigenvalue weighted by Gasteiger charge is 2.20. The number of anilines is 1. The standard InChI is InChI=1S/C24H33N3O2/c1-4-27(5-2)24(28)19-11-13-21(14-12-19)25-23(18-26-15-6-7-16-26)20-9-8-10-22(17-20)29-3/h8-14,17,23,25H,4-7,15-16,18H2,1-3H3. The Morgan fingerprint density at radius 3 is 2.41 bits per heavy atom. The first-order valence-electron chi connectivity index (χ1n) is 10.7. The minimum Gasteiger partial charge on any atom is -0.497 e. The van der Waals surface area contributed by atoms with E-state index in [0.717, 1.165) is 49.7 Å². The van der Waals surface area contributed by atoms with E-state index in [-0.39, 0.29) is 11.9 Å². The van der Waals surface area contributed by atoms with Crippen LogP contribution in [0.15, 0.2) is 48.5 Å². The second-order valence-electron chi connectivity index (χ2n) is 7.54. The van der Waals surface area contributed by atoms with Crippen molar-refractivity contribution in [3.05, 3.63) is 59.7 Å². The average Bonchev–Trinajstić information content (AvgIpc) is 3.28. The zero-order chi connectivity index (χ0) is 20.6. The van der Waals surface area contributed by atoms with Crippen molar-refractivity contribution in [2.24, 2.45) is 0 Å². The summed E-state index contributed by atoms with van der Waals surface area (Å²) in [6.45, 7) is 8.72. The molecule has 2 aromatic rings. The fraction of sp³-hybridized carbons (Fsp3) is 0.458. The van der Waals surface area contributed by atoms with Gasteiger partial charge in [-0.25, -0.2) is 0 Å². The number of rotatable bonds is 9. The third-order valence-electron chi connectivity index (χ3n) is 5.66. The largest absolute Gasteiger partial charge is 0.497 e. The van der Waals surface area contributed by atoms with Crippen molar-refractivity contribution in [1.29, 1.82) is 0 Å². The van der Waals surface area contributed by atoms with Gasteiger partial charge in [-0.15, -0.1) is 0 Å². The molecular formula is C24H33N3O2. The molecule has 1 N–H and O–H groups in total. The van der Waals surface area contributed by atoms with E-state index >= 15 is 0 Å². The number of carbonyl (C=O) groups is 1. The van der Waals surface area contributed by atoms with Gasteiger partial charge in [-0.1, -0.05) is 12.1 Å². The molecule has 1 saturated heterocycles. The molecule has 0 radical (unpaired) electrons. The molecule has 156 valence electrons. The zero-order valence-corrected chi connectivity index (χ0v) is 17.9. The molecule has 1 unspecified atom stereocenters. The number of ether oxygens (including phenoxy) is 1. The van der Waals surface area contributed by atoms with Crippen molar-refractivity contribution < 1.29 is 9.53 Å². The summed E-state index contributed by atoms with van der Waals surface area (Å²) in [5.41, 5.74) is 2.96. The highest BCUT2D eigenvalue weighted by Crippen LogP contribution is 2.26. The number of hydrogen-bond donors (Lipinski definition) is 1. The number of hydrogen-bond acceptors (Lipinski definition) is 4. The maximum Gasteiger partial charge on any atom is 0.253 e. The summed E-state index contributed by atoms with van der Waals surface area (Å²) < 4.78 is 5.43. The van der Waals surface area contributed by atoms with Crippen molar-refractivity contribution in [2.75, 3.05) is 45.2 Å². The van der Waals surface area contributed by atoms with Crippen LogP contribution in [0, 0.1) is 0 Å². The molecule has 1 aliphatic heterocycles. The van der Waals surface area contributed by atoms with E-state index in [1.807, 2.05) is 55.1 Å². The summed E-state index contributed by atoms with van der Waals surface area (Å²) in [6, 6.07) is 16.3. The van der Waals surface area contributed by atoms with Crippen molar-refractivity contribution in [2.45, 2.75) is 32.7 Å². The summed E-state index contributed by atoms with van der Waals surface area (Å²) in [4.78, 5) is 16.9. The fourth-order valence-electron chi connectivity index (χ4n) is 3.92. The van der Waals surface area contributed by atoms with Gasteiger partial charge in [0.15, 0.2) is 0 Å². The summed E-state index contributed by atoms with van der Waals surface area (Å²) in [7, 11) is 1.70. The average molecular weight is 396 g/mol. The lowest BCUT2D eigenvalue weighted by Crippen LogP contribution is -2.30. The number of nitrogens with one attached hydrogen (secondary N) is 1. The van der Waals surface area contributed by atoms with Gasteiger partial charge in [-0.2, -0.15) is 0 Å². The lowest BCUT2D eigenvalue weighted by atomic mass is 10.0. The van der Waals surface area contributed by atoms with Crippen LogP contribution in [0.5, 0.6) is 5.75 Å². The minimum absolute atomic E-state index is 0.0861. The molecule has 0 bridgehead atoms. The molecule has 1 fully saturated rings. The van der Waals surface area contributed by atoms with E-state index in [9.17, 15) is 4.79 Å². The fourth-order valence-corrected chi connectivity index (χ4v) is 3.92. The Kier molecular flexibility index (Phi) is 7.53. The second kappa shape index (κ2) is 10.3. The first kappa shape index (κ1) is 21.2. The number of amides is 1. The van der Waals surface area contributed by atoms with Crippen molar-refractivity contribution >= 4 is 11.6 Å². The Hall–Kier alpha value is -2.53. The number of nitrogens with zero attached hydrogens (tertiary/aromatic N) is 2. The lowest BCUT2D eigenvalue weighted by Gasteiger charge is -2.26. The SMILES string of the molecule is CCN(CC)C(=O)c1ccc(NC(CN2CCCC2)c2cccc(OC)c2)cc1. The van der Waals surface area contributed by atoms with Gasteiger partial charge in [0.1, 0.15) is 5.75 Å². The van der Waals surface area contributed by atoms with E-state index in [1.54, 1.807) is 7.11 Å². The van der Waals surface area contributed by atoms with Crippen LogP contribution in [-0.2, 0) is 0 Å². The monoisotopic (exact) mass is 395 g/mol. The molecular weight excluding hydrogens is 362 g/mol. The Bertz CT molecular complexity index is 781. The van der Waals surface area contributed by atoms with Gasteiger partial charge in [0, 0.05) is 30.9 Å². The molecule has 1 atom stereocenters. The predicted molar refractivity (Wildman–Crippen MR) is 119 cm³/mol. The number of benzene rings is 2. The topological polar surface area (TPSA) is 44.8 Å². The molecule has 5 nitrogen and oxygen atoms in total. The van der Waals surface area contributed by atoms with Crippen LogP contribution in [0.3, 0.4) is 0 Å². The molecule has 1 amide bonds. The Morgan fingerprint density at radius 2 is 1.79 bits per heavy atom. The molecule has 0 spiro atoms. The molecule has 0 aliphatic carbocycles. The number of carbonyl (C=O) groups excluding carboxylic acids is 1. The third-order valence-corrected chi connectivity index (χ3v) is 5.66. The van der Waals surface area contributed by atoms with Gasteiger partial charge in [0.05, 0.1) is 13.2 Å². The highest BCUT2D eigenvalue weighted by atomic mass is 16.5. The maximum atomic E-state index is 12.5. The lowest BCUT2D eigenvalue weighted by molar-refractivity contribution is 0.0773. The van der Waals surface area contributed by atoms with E-state index in [4.69, 9.17) is 4.74 Å². The molecule has 0 aromatic heterocycles. The minimum atomic E-state index is 0.0861. The number of methoxy groups -OCH3 is 1. The Balaban J connectivity index is 1.77. The smallest absolute Gasteiger partial charge is 0.253 e. The van der Waals surface area contributed by atoms with Crippen LogP contribution in [-0.4, -0.2) is 55.5 Å².